The molecule has 0 aliphatic carbocycles. The second kappa shape index (κ2) is 8.18. The predicted octanol–water partition coefficient (Wildman–Crippen LogP) is 2.22. The van der Waals surface area contributed by atoms with Gasteiger partial charge < -0.3 is 14.7 Å². The molecular weight excluding hydrogens is 365 g/mol. The molecule has 0 radical (unpaired) electrons. The molecular formula is C20H20FN3O4. The number of hydrogen-bond acceptors (Lipinski definition) is 5. The average Bonchev–Trinajstić information content (AvgIpc) is 2.68. The maximum Gasteiger partial charge on any atom is 0.270 e. The number of halogens is 1. The average molecular weight is 385 g/mol. The van der Waals surface area contributed by atoms with Gasteiger partial charge in [-0.05, 0) is 36.8 Å². The van der Waals surface area contributed by atoms with Crippen LogP contribution in [0.5, 0.6) is 5.75 Å². The lowest BCUT2D eigenvalue weighted by Gasteiger charge is -2.29. The summed E-state index contributed by atoms with van der Waals surface area (Å²) < 4.78 is 19.5. The molecule has 28 heavy (non-hydrogen) atoms. The van der Waals surface area contributed by atoms with E-state index in [0.717, 1.165) is 10.6 Å². The van der Waals surface area contributed by atoms with Gasteiger partial charge in [-0.3, -0.25) is 14.0 Å². The van der Waals surface area contributed by atoms with Gasteiger partial charge >= 0.3 is 0 Å². The summed E-state index contributed by atoms with van der Waals surface area (Å²) >= 11 is 0. The Hall–Kier alpha value is -3.26. The molecule has 1 aromatic carbocycles. The van der Waals surface area contributed by atoms with Crippen LogP contribution in [-0.2, 0) is 11.3 Å². The van der Waals surface area contributed by atoms with Crippen LogP contribution in [0.15, 0.2) is 53.6 Å². The summed E-state index contributed by atoms with van der Waals surface area (Å²) in [5.74, 6) is -1.05. The van der Waals surface area contributed by atoms with E-state index in [2.05, 4.69) is 4.98 Å². The summed E-state index contributed by atoms with van der Waals surface area (Å²) in [5.41, 5.74) is 0.0658. The first-order valence-corrected chi connectivity index (χ1v) is 8.66. The number of carbonyl (C=O) groups excluding carboxylic acids is 1. The van der Waals surface area contributed by atoms with Crippen molar-refractivity contribution in [2.24, 2.45) is 0 Å². The molecule has 1 amide bonds. The lowest BCUT2D eigenvalue weighted by molar-refractivity contribution is 0.0540. The number of amides is 1. The maximum atomic E-state index is 13.2. The number of pyridine rings is 1. The number of hydrogen-bond donors (Lipinski definition) is 1. The zero-order valence-electron chi connectivity index (χ0n) is 15.5. The first-order valence-electron chi connectivity index (χ1n) is 8.66. The van der Waals surface area contributed by atoms with Gasteiger partial charge in [0.05, 0.1) is 12.6 Å². The van der Waals surface area contributed by atoms with Crippen molar-refractivity contribution in [1.82, 2.24) is 14.3 Å². The molecule has 0 unspecified atom stereocenters. The van der Waals surface area contributed by atoms with Crippen LogP contribution < -0.4 is 5.56 Å². The van der Waals surface area contributed by atoms with E-state index in [1.54, 1.807) is 19.1 Å². The third kappa shape index (κ3) is 3.86. The summed E-state index contributed by atoms with van der Waals surface area (Å²) in [5, 5.41) is 9.85. The monoisotopic (exact) mass is 385 g/mol. The highest BCUT2D eigenvalue weighted by atomic mass is 19.1. The molecule has 3 rings (SSSR count). The van der Waals surface area contributed by atoms with Crippen LogP contribution in [0.2, 0.25) is 0 Å². The van der Waals surface area contributed by atoms with Crippen LogP contribution >= 0.6 is 0 Å². The zero-order valence-corrected chi connectivity index (χ0v) is 15.5. The van der Waals surface area contributed by atoms with Gasteiger partial charge in [0.25, 0.3) is 11.5 Å². The molecule has 1 N–H and O–H groups in total. The van der Waals surface area contributed by atoms with Gasteiger partial charge in [-0.25, -0.2) is 9.37 Å². The number of aromatic hydroxyl groups is 1. The van der Waals surface area contributed by atoms with Crippen molar-refractivity contribution in [3.8, 4) is 5.75 Å². The van der Waals surface area contributed by atoms with Gasteiger partial charge in [0.2, 0.25) is 0 Å². The molecule has 7 nitrogen and oxygen atoms in total. The molecule has 3 aromatic rings. The first-order chi connectivity index (χ1) is 13.4. The molecule has 2 aromatic heterocycles. The van der Waals surface area contributed by atoms with Gasteiger partial charge in [-0.2, -0.15) is 0 Å². The van der Waals surface area contributed by atoms with E-state index in [1.807, 2.05) is 0 Å². The number of nitrogens with zero attached hydrogens (tertiary/aromatic N) is 3. The van der Waals surface area contributed by atoms with E-state index < -0.39 is 11.5 Å². The van der Waals surface area contributed by atoms with E-state index in [-0.39, 0.29) is 42.0 Å². The minimum absolute atomic E-state index is 0.0686. The summed E-state index contributed by atoms with van der Waals surface area (Å²) in [6.45, 7) is 2.23. The van der Waals surface area contributed by atoms with Crippen LogP contribution in [0.1, 0.15) is 22.8 Å². The Morgan fingerprint density at radius 2 is 2.04 bits per heavy atom. The lowest BCUT2D eigenvalue weighted by Crippen LogP contribution is -2.43. The van der Waals surface area contributed by atoms with Crippen LogP contribution in [0.4, 0.5) is 4.39 Å². The van der Waals surface area contributed by atoms with Gasteiger partial charge in [-0.15, -0.1) is 0 Å². The maximum absolute atomic E-state index is 13.2. The highest BCUT2D eigenvalue weighted by Crippen LogP contribution is 2.16. The number of benzene rings is 1. The summed E-state index contributed by atoms with van der Waals surface area (Å²) in [6.07, 6.45) is 2.60. The third-order valence-electron chi connectivity index (χ3n) is 4.41. The van der Waals surface area contributed by atoms with E-state index >= 15 is 0 Å². The number of ether oxygens (including phenoxy) is 1. The molecule has 0 saturated heterocycles. The number of methoxy groups -OCH3 is 1. The van der Waals surface area contributed by atoms with E-state index in [0.29, 0.717) is 5.56 Å². The minimum Gasteiger partial charge on any atom is -0.504 e. The van der Waals surface area contributed by atoms with Crippen molar-refractivity contribution in [3.63, 3.8) is 0 Å². The Bertz CT molecular complexity index is 1050. The fraction of sp³-hybridized carbons (Fsp3) is 0.250. The molecule has 0 spiro atoms. The fourth-order valence-electron chi connectivity index (χ4n) is 2.94. The Morgan fingerprint density at radius 3 is 2.71 bits per heavy atom. The fourth-order valence-corrected chi connectivity index (χ4v) is 2.94. The van der Waals surface area contributed by atoms with Crippen molar-refractivity contribution in [3.05, 3.63) is 76.1 Å². The molecule has 0 aliphatic rings. The van der Waals surface area contributed by atoms with Crippen molar-refractivity contribution in [2.75, 3.05) is 13.7 Å². The van der Waals surface area contributed by atoms with Crippen LogP contribution in [0.25, 0.3) is 5.65 Å². The minimum atomic E-state index is -0.584. The standard InChI is InChI=1S/C20H20FN3O4/c1-13(12-28-2)24(11-14-5-7-15(21)8-6-14)20(27)16-10-22-18-17(25)4-3-9-23(18)19(16)26/h3-10,13,25H,11-12H2,1-2H3/t13-/m1/s1. The summed E-state index contributed by atoms with van der Waals surface area (Å²) in [7, 11) is 1.52. The van der Waals surface area contributed by atoms with Crippen molar-refractivity contribution >= 4 is 11.6 Å². The van der Waals surface area contributed by atoms with Crippen molar-refractivity contribution in [1.29, 1.82) is 0 Å². The zero-order chi connectivity index (χ0) is 20.3. The smallest absolute Gasteiger partial charge is 0.270 e. The topological polar surface area (TPSA) is 84.1 Å². The number of aromatic nitrogens is 2. The molecule has 0 aliphatic heterocycles. The highest BCUT2D eigenvalue weighted by Gasteiger charge is 2.25. The molecule has 8 heteroatoms. The molecule has 0 saturated carbocycles. The lowest BCUT2D eigenvalue weighted by atomic mass is 10.1. The Morgan fingerprint density at radius 1 is 1.32 bits per heavy atom. The largest absolute Gasteiger partial charge is 0.504 e. The van der Waals surface area contributed by atoms with E-state index in [9.17, 15) is 19.1 Å². The summed E-state index contributed by atoms with van der Waals surface area (Å²) in [4.78, 5) is 31.5. The number of fused-ring (bicyclic) bond motifs is 1. The molecule has 0 fully saturated rings. The Balaban J connectivity index is 2.01. The van der Waals surface area contributed by atoms with Gasteiger partial charge in [0.15, 0.2) is 11.4 Å². The van der Waals surface area contributed by atoms with Gasteiger partial charge in [0.1, 0.15) is 11.4 Å². The summed E-state index contributed by atoms with van der Waals surface area (Å²) in [6, 6.07) is 8.35. The second-order valence-corrected chi connectivity index (χ2v) is 6.43. The van der Waals surface area contributed by atoms with Gasteiger partial charge in [-0.1, -0.05) is 12.1 Å². The Kier molecular flexibility index (Phi) is 5.70. The van der Waals surface area contributed by atoms with Crippen LogP contribution in [0, 0.1) is 5.82 Å². The molecule has 2 heterocycles. The number of rotatable bonds is 6. The molecule has 0 bridgehead atoms. The van der Waals surface area contributed by atoms with Crippen molar-refractivity contribution < 1.29 is 19.0 Å². The molecule has 146 valence electrons. The SMILES string of the molecule is COC[C@@H](C)N(Cc1ccc(F)cc1)C(=O)c1cnc2c(O)cccn2c1=O. The molecule has 1 atom stereocenters. The van der Waals surface area contributed by atoms with Crippen molar-refractivity contribution in [2.45, 2.75) is 19.5 Å². The second-order valence-electron chi connectivity index (χ2n) is 6.43. The van der Waals surface area contributed by atoms with Crippen LogP contribution in [0.3, 0.4) is 0 Å². The van der Waals surface area contributed by atoms with E-state index in [1.165, 1.54) is 42.5 Å². The quantitative estimate of drug-likeness (QED) is 0.703. The van der Waals surface area contributed by atoms with E-state index in [4.69, 9.17) is 4.74 Å². The normalized spacial score (nSPS) is 12.1. The Labute approximate surface area is 160 Å². The number of carbonyl (C=O) groups is 1. The first kappa shape index (κ1) is 19.5. The van der Waals surface area contributed by atoms with Crippen LogP contribution in [-0.4, -0.2) is 45.1 Å². The van der Waals surface area contributed by atoms with Gasteiger partial charge in [0, 0.05) is 26.0 Å². The highest BCUT2D eigenvalue weighted by molar-refractivity contribution is 5.94. The predicted molar refractivity (Wildman–Crippen MR) is 101 cm³/mol. The third-order valence-corrected chi connectivity index (χ3v) is 4.41.